The van der Waals surface area contributed by atoms with E-state index in [1.807, 2.05) is 0 Å². The van der Waals surface area contributed by atoms with Gasteiger partial charge in [0.15, 0.2) is 0 Å². The summed E-state index contributed by atoms with van der Waals surface area (Å²) in [6.07, 6.45) is 9.52. The monoisotopic (exact) mass is 397 g/mol. The van der Waals surface area contributed by atoms with Gasteiger partial charge in [-0.15, -0.1) is 0 Å². The molecule has 0 bridgehead atoms. The van der Waals surface area contributed by atoms with Gasteiger partial charge in [-0.2, -0.15) is 0 Å². The number of carboxylic acid groups (broad SMARTS) is 1. The molecule has 8 heteroatoms. The van der Waals surface area contributed by atoms with Gasteiger partial charge in [-0.05, 0) is 38.5 Å². The molecule has 1 heterocycles. The van der Waals surface area contributed by atoms with Crippen molar-refractivity contribution in [3.8, 4) is 0 Å². The molecule has 8 nitrogen and oxygen atoms in total. The Labute approximate surface area is 167 Å². The molecule has 0 aromatic carbocycles. The molecular weight excluding hydrogens is 362 g/mol. The van der Waals surface area contributed by atoms with Crippen LogP contribution in [0.3, 0.4) is 0 Å². The molecule has 1 aliphatic carbocycles. The van der Waals surface area contributed by atoms with Crippen molar-refractivity contribution in [1.82, 2.24) is 16.0 Å². The number of aliphatic carboxylic acids is 1. The highest BCUT2D eigenvalue weighted by atomic mass is 16.5. The van der Waals surface area contributed by atoms with Crippen LogP contribution in [-0.2, 0) is 14.3 Å². The summed E-state index contributed by atoms with van der Waals surface area (Å²) in [6.45, 7) is 1.55. The average Bonchev–Trinajstić information content (AvgIpc) is 2.65. The maximum atomic E-state index is 12.2. The van der Waals surface area contributed by atoms with E-state index in [-0.39, 0.29) is 18.4 Å². The van der Waals surface area contributed by atoms with E-state index in [1.54, 1.807) is 0 Å². The van der Waals surface area contributed by atoms with Crippen LogP contribution in [0.15, 0.2) is 0 Å². The first-order valence-electron chi connectivity index (χ1n) is 10.6. The van der Waals surface area contributed by atoms with Crippen molar-refractivity contribution in [2.45, 2.75) is 88.6 Å². The van der Waals surface area contributed by atoms with Crippen LogP contribution in [0.25, 0.3) is 0 Å². The standard InChI is InChI=1S/C20H35N3O5/c24-17(23-20(15-18(25)26)10-13-28-14-11-20)9-5-2-6-12-21-19(27)22-16-7-3-1-4-8-16/h16H,1-15H2,(H,23,24)(H,25,26)(H2,21,22,27). The van der Waals surface area contributed by atoms with Gasteiger partial charge in [0.1, 0.15) is 0 Å². The number of ether oxygens (including phenoxy) is 1. The number of hydrogen-bond donors (Lipinski definition) is 4. The highest BCUT2D eigenvalue weighted by Gasteiger charge is 2.36. The van der Waals surface area contributed by atoms with Crippen LogP contribution in [0.5, 0.6) is 0 Å². The molecule has 0 aromatic heterocycles. The number of rotatable bonds is 10. The van der Waals surface area contributed by atoms with E-state index in [4.69, 9.17) is 9.84 Å². The van der Waals surface area contributed by atoms with Crippen molar-refractivity contribution in [2.75, 3.05) is 19.8 Å². The lowest BCUT2D eigenvalue weighted by molar-refractivity contribution is -0.140. The van der Waals surface area contributed by atoms with Crippen LogP contribution in [0.1, 0.15) is 77.0 Å². The minimum absolute atomic E-state index is 0.0673. The summed E-state index contributed by atoms with van der Waals surface area (Å²) in [6, 6.07) is 0.209. The zero-order valence-electron chi connectivity index (χ0n) is 16.8. The predicted octanol–water partition coefficient (Wildman–Crippen LogP) is 2.32. The minimum Gasteiger partial charge on any atom is -0.481 e. The topological polar surface area (TPSA) is 117 Å². The molecule has 3 amide bonds. The minimum atomic E-state index is -0.903. The maximum absolute atomic E-state index is 12.2. The normalized spacial score (nSPS) is 19.6. The molecule has 1 saturated heterocycles. The Morgan fingerprint density at radius 2 is 1.71 bits per heavy atom. The van der Waals surface area contributed by atoms with Crippen LogP contribution in [0, 0.1) is 0 Å². The Bertz CT molecular complexity index is 514. The molecule has 0 aromatic rings. The van der Waals surface area contributed by atoms with Crippen LogP contribution in [-0.4, -0.2) is 54.4 Å². The number of carboxylic acids is 1. The van der Waals surface area contributed by atoms with Gasteiger partial charge < -0.3 is 25.8 Å². The third-order valence-corrected chi connectivity index (χ3v) is 5.65. The summed E-state index contributed by atoms with van der Waals surface area (Å²) in [7, 11) is 0. The Balaban J connectivity index is 1.55. The van der Waals surface area contributed by atoms with Crippen LogP contribution in [0.4, 0.5) is 4.79 Å². The van der Waals surface area contributed by atoms with Crippen molar-refractivity contribution in [3.63, 3.8) is 0 Å². The first-order chi connectivity index (χ1) is 13.5. The lowest BCUT2D eigenvalue weighted by Gasteiger charge is -2.36. The fourth-order valence-electron chi connectivity index (χ4n) is 4.03. The molecule has 0 spiro atoms. The Kier molecular flexibility index (Phi) is 9.54. The molecule has 4 N–H and O–H groups in total. The summed E-state index contributed by atoms with van der Waals surface area (Å²) in [5.41, 5.74) is -0.681. The highest BCUT2D eigenvalue weighted by Crippen LogP contribution is 2.25. The van der Waals surface area contributed by atoms with E-state index >= 15 is 0 Å². The number of carbonyl (C=O) groups excluding carboxylic acids is 2. The highest BCUT2D eigenvalue weighted by molar-refractivity contribution is 5.78. The van der Waals surface area contributed by atoms with E-state index in [9.17, 15) is 14.4 Å². The van der Waals surface area contributed by atoms with Crippen molar-refractivity contribution in [3.05, 3.63) is 0 Å². The molecule has 0 unspecified atom stereocenters. The maximum Gasteiger partial charge on any atom is 0.315 e. The van der Waals surface area contributed by atoms with E-state index in [2.05, 4.69) is 16.0 Å². The third-order valence-electron chi connectivity index (χ3n) is 5.65. The fourth-order valence-corrected chi connectivity index (χ4v) is 4.03. The van der Waals surface area contributed by atoms with E-state index in [0.717, 1.165) is 32.1 Å². The Morgan fingerprint density at radius 1 is 1.00 bits per heavy atom. The largest absolute Gasteiger partial charge is 0.481 e. The lowest BCUT2D eigenvalue weighted by Crippen LogP contribution is -2.53. The first kappa shape index (κ1) is 22.5. The van der Waals surface area contributed by atoms with E-state index < -0.39 is 11.5 Å². The number of hydrogen-bond acceptors (Lipinski definition) is 4. The van der Waals surface area contributed by atoms with Gasteiger partial charge in [0.2, 0.25) is 5.91 Å². The smallest absolute Gasteiger partial charge is 0.315 e. The van der Waals surface area contributed by atoms with Gasteiger partial charge in [-0.1, -0.05) is 25.7 Å². The molecule has 2 fully saturated rings. The summed E-state index contributed by atoms with van der Waals surface area (Å²) in [4.78, 5) is 35.2. The summed E-state index contributed by atoms with van der Waals surface area (Å²) < 4.78 is 5.30. The van der Waals surface area contributed by atoms with Crippen LogP contribution < -0.4 is 16.0 Å². The van der Waals surface area contributed by atoms with Crippen LogP contribution >= 0.6 is 0 Å². The molecule has 2 rings (SSSR count). The number of carbonyl (C=O) groups is 3. The lowest BCUT2D eigenvalue weighted by atomic mass is 9.86. The molecule has 28 heavy (non-hydrogen) atoms. The molecule has 1 aliphatic heterocycles. The summed E-state index contributed by atoms with van der Waals surface area (Å²) in [5.74, 6) is -1.01. The molecule has 0 atom stereocenters. The summed E-state index contributed by atoms with van der Waals surface area (Å²) >= 11 is 0. The van der Waals surface area contributed by atoms with Crippen LogP contribution in [0.2, 0.25) is 0 Å². The SMILES string of the molecule is O=C(O)CC1(NC(=O)CCCCCNC(=O)NC2CCCCC2)CCOCC1. The third kappa shape index (κ3) is 8.46. The van der Waals surface area contributed by atoms with Gasteiger partial charge in [-0.3, -0.25) is 9.59 Å². The van der Waals surface area contributed by atoms with Gasteiger partial charge in [0.05, 0.1) is 12.0 Å². The number of unbranched alkanes of at least 4 members (excludes halogenated alkanes) is 2. The Hall–Kier alpha value is -1.83. The van der Waals surface area contributed by atoms with E-state index in [1.165, 1.54) is 19.3 Å². The Morgan fingerprint density at radius 3 is 2.39 bits per heavy atom. The van der Waals surface area contributed by atoms with Gasteiger partial charge in [0, 0.05) is 32.2 Å². The number of nitrogens with one attached hydrogen (secondary N) is 3. The van der Waals surface area contributed by atoms with Crippen molar-refractivity contribution in [1.29, 1.82) is 0 Å². The van der Waals surface area contributed by atoms with Gasteiger partial charge in [-0.25, -0.2) is 4.79 Å². The van der Waals surface area contributed by atoms with Crippen molar-refractivity contribution >= 4 is 17.9 Å². The second-order valence-corrected chi connectivity index (χ2v) is 8.06. The van der Waals surface area contributed by atoms with Gasteiger partial charge in [0.25, 0.3) is 0 Å². The molecule has 0 radical (unpaired) electrons. The number of amides is 3. The van der Waals surface area contributed by atoms with E-state index in [0.29, 0.717) is 45.1 Å². The van der Waals surface area contributed by atoms with Crippen molar-refractivity contribution < 1.29 is 24.2 Å². The quantitative estimate of drug-likeness (QED) is 0.422. The molecule has 1 saturated carbocycles. The van der Waals surface area contributed by atoms with Crippen molar-refractivity contribution in [2.24, 2.45) is 0 Å². The predicted molar refractivity (Wildman–Crippen MR) is 105 cm³/mol. The average molecular weight is 398 g/mol. The molecular formula is C20H35N3O5. The second-order valence-electron chi connectivity index (χ2n) is 8.06. The first-order valence-corrected chi connectivity index (χ1v) is 10.6. The number of urea groups is 1. The fraction of sp³-hybridized carbons (Fsp3) is 0.850. The zero-order valence-corrected chi connectivity index (χ0v) is 16.8. The zero-order chi connectivity index (χ0) is 20.2. The van der Waals surface area contributed by atoms with Gasteiger partial charge >= 0.3 is 12.0 Å². The molecule has 160 valence electrons. The summed E-state index contributed by atoms with van der Waals surface area (Å²) in [5, 5.41) is 18.0. The second kappa shape index (κ2) is 11.9. The molecule has 2 aliphatic rings.